The van der Waals surface area contributed by atoms with Crippen LogP contribution in [0.1, 0.15) is 37.0 Å². The molecule has 3 unspecified atom stereocenters. The number of ether oxygens (including phenoxy) is 2. The van der Waals surface area contributed by atoms with Crippen molar-refractivity contribution in [2.24, 2.45) is 5.73 Å². The lowest BCUT2D eigenvalue weighted by atomic mass is 9.99. The van der Waals surface area contributed by atoms with E-state index in [4.69, 9.17) is 15.2 Å². The van der Waals surface area contributed by atoms with E-state index in [-0.39, 0.29) is 18.2 Å². The summed E-state index contributed by atoms with van der Waals surface area (Å²) in [7, 11) is 0. The summed E-state index contributed by atoms with van der Waals surface area (Å²) in [6.07, 6.45) is 2.44. The Kier molecular flexibility index (Phi) is 4.75. The summed E-state index contributed by atoms with van der Waals surface area (Å²) in [6, 6.07) is 8.25. The van der Waals surface area contributed by atoms with Gasteiger partial charge in [0.05, 0.1) is 18.8 Å². The highest BCUT2D eigenvalue weighted by molar-refractivity contribution is 5.28. The van der Waals surface area contributed by atoms with Gasteiger partial charge in [-0.25, -0.2) is 0 Å². The largest absolute Gasteiger partial charge is 0.376 e. The molecule has 2 rings (SSSR count). The first kappa shape index (κ1) is 13.5. The van der Waals surface area contributed by atoms with E-state index in [9.17, 15) is 0 Å². The molecular formula is C15H23NO2. The molecule has 0 bridgehead atoms. The lowest BCUT2D eigenvalue weighted by Gasteiger charge is -2.25. The van der Waals surface area contributed by atoms with Crippen LogP contribution in [0.25, 0.3) is 0 Å². The molecule has 0 radical (unpaired) electrons. The van der Waals surface area contributed by atoms with Crippen LogP contribution in [0.5, 0.6) is 0 Å². The van der Waals surface area contributed by atoms with E-state index >= 15 is 0 Å². The molecule has 1 aromatic rings. The average molecular weight is 249 g/mol. The molecule has 18 heavy (non-hydrogen) atoms. The van der Waals surface area contributed by atoms with Gasteiger partial charge in [0, 0.05) is 12.6 Å². The van der Waals surface area contributed by atoms with Crippen molar-refractivity contribution in [3.8, 4) is 0 Å². The minimum Gasteiger partial charge on any atom is -0.376 e. The van der Waals surface area contributed by atoms with Crippen LogP contribution in [0.3, 0.4) is 0 Å². The van der Waals surface area contributed by atoms with Crippen LogP contribution < -0.4 is 5.73 Å². The van der Waals surface area contributed by atoms with Gasteiger partial charge in [0.2, 0.25) is 0 Å². The van der Waals surface area contributed by atoms with Gasteiger partial charge in [-0.3, -0.25) is 0 Å². The van der Waals surface area contributed by atoms with Crippen molar-refractivity contribution < 1.29 is 9.47 Å². The van der Waals surface area contributed by atoms with Gasteiger partial charge in [0.25, 0.3) is 0 Å². The van der Waals surface area contributed by atoms with E-state index in [1.165, 1.54) is 11.1 Å². The first-order valence-corrected chi connectivity index (χ1v) is 6.73. The Balaban J connectivity index is 2.01. The maximum absolute atomic E-state index is 6.06. The van der Waals surface area contributed by atoms with Gasteiger partial charge in [-0.1, -0.05) is 24.3 Å². The molecular weight excluding hydrogens is 226 g/mol. The molecule has 3 heteroatoms. The highest BCUT2D eigenvalue weighted by Gasteiger charge is 2.22. The number of hydrogen-bond donors (Lipinski definition) is 1. The summed E-state index contributed by atoms with van der Waals surface area (Å²) in [5, 5.41) is 0. The maximum Gasteiger partial charge on any atom is 0.0976 e. The molecule has 3 atom stereocenters. The number of aryl methyl sites for hydroxylation is 1. The molecule has 2 N–H and O–H groups in total. The summed E-state index contributed by atoms with van der Waals surface area (Å²) < 4.78 is 11.6. The van der Waals surface area contributed by atoms with Gasteiger partial charge >= 0.3 is 0 Å². The summed E-state index contributed by atoms with van der Waals surface area (Å²) in [6.45, 7) is 5.59. The molecule has 1 aliphatic heterocycles. The monoisotopic (exact) mass is 249 g/mol. The molecule has 0 amide bonds. The molecule has 0 aromatic heterocycles. The van der Waals surface area contributed by atoms with Gasteiger partial charge < -0.3 is 15.2 Å². The SMILES string of the molecule is Cc1ccccc1C(OCC1CCCO1)C(C)N. The van der Waals surface area contributed by atoms with E-state index in [2.05, 4.69) is 19.1 Å². The molecule has 100 valence electrons. The van der Waals surface area contributed by atoms with Crippen LogP contribution in [-0.2, 0) is 9.47 Å². The van der Waals surface area contributed by atoms with Crippen molar-refractivity contribution in [1.29, 1.82) is 0 Å². The smallest absolute Gasteiger partial charge is 0.0976 e. The van der Waals surface area contributed by atoms with Crippen LogP contribution in [0, 0.1) is 6.92 Å². The molecule has 0 spiro atoms. The number of benzene rings is 1. The minimum absolute atomic E-state index is 0.0208. The lowest BCUT2D eigenvalue weighted by molar-refractivity contribution is -0.0288. The number of rotatable bonds is 5. The molecule has 3 nitrogen and oxygen atoms in total. The first-order chi connectivity index (χ1) is 8.68. The second-order valence-electron chi connectivity index (χ2n) is 5.10. The van der Waals surface area contributed by atoms with Gasteiger partial charge in [-0.05, 0) is 37.8 Å². The van der Waals surface area contributed by atoms with Crippen molar-refractivity contribution in [1.82, 2.24) is 0 Å². The van der Waals surface area contributed by atoms with Crippen LogP contribution >= 0.6 is 0 Å². The Morgan fingerprint density at radius 1 is 1.44 bits per heavy atom. The summed E-state index contributed by atoms with van der Waals surface area (Å²) >= 11 is 0. The fourth-order valence-electron chi connectivity index (χ4n) is 2.42. The second kappa shape index (κ2) is 6.32. The van der Waals surface area contributed by atoms with Crippen LogP contribution in [0.15, 0.2) is 24.3 Å². The van der Waals surface area contributed by atoms with Crippen molar-refractivity contribution >= 4 is 0 Å². The molecule has 1 aliphatic rings. The zero-order valence-corrected chi connectivity index (χ0v) is 11.3. The zero-order chi connectivity index (χ0) is 13.0. The highest BCUT2D eigenvalue weighted by Crippen LogP contribution is 2.25. The van der Waals surface area contributed by atoms with Crippen molar-refractivity contribution in [2.45, 2.75) is 44.9 Å². The van der Waals surface area contributed by atoms with Gasteiger partial charge in [-0.2, -0.15) is 0 Å². The Morgan fingerprint density at radius 2 is 2.22 bits per heavy atom. The van der Waals surface area contributed by atoms with Crippen molar-refractivity contribution in [2.75, 3.05) is 13.2 Å². The lowest BCUT2D eigenvalue weighted by Crippen LogP contribution is -2.30. The van der Waals surface area contributed by atoms with Crippen molar-refractivity contribution in [3.05, 3.63) is 35.4 Å². The third kappa shape index (κ3) is 3.31. The van der Waals surface area contributed by atoms with Crippen LogP contribution in [0.2, 0.25) is 0 Å². The van der Waals surface area contributed by atoms with E-state index < -0.39 is 0 Å². The third-order valence-electron chi connectivity index (χ3n) is 3.46. The number of nitrogens with two attached hydrogens (primary N) is 1. The zero-order valence-electron chi connectivity index (χ0n) is 11.3. The van der Waals surface area contributed by atoms with E-state index in [0.29, 0.717) is 6.61 Å². The third-order valence-corrected chi connectivity index (χ3v) is 3.46. The minimum atomic E-state index is -0.0459. The summed E-state index contributed by atoms with van der Waals surface area (Å²) in [5.74, 6) is 0. The standard InChI is InChI=1S/C15H23NO2/c1-11-6-3-4-8-14(11)15(12(2)16)18-10-13-7-5-9-17-13/h3-4,6,8,12-13,15H,5,7,9-10,16H2,1-2H3. The van der Waals surface area contributed by atoms with Crippen LogP contribution in [-0.4, -0.2) is 25.4 Å². The Morgan fingerprint density at radius 3 is 2.83 bits per heavy atom. The predicted molar refractivity (Wildman–Crippen MR) is 72.5 cm³/mol. The highest BCUT2D eigenvalue weighted by atomic mass is 16.5. The van der Waals surface area contributed by atoms with Gasteiger partial charge in [-0.15, -0.1) is 0 Å². The molecule has 1 saturated heterocycles. The van der Waals surface area contributed by atoms with Crippen LogP contribution in [0.4, 0.5) is 0 Å². The molecule has 1 aromatic carbocycles. The normalized spacial score (nSPS) is 22.9. The molecule has 0 aliphatic carbocycles. The Bertz CT molecular complexity index is 373. The quantitative estimate of drug-likeness (QED) is 0.872. The Labute approximate surface area is 109 Å². The topological polar surface area (TPSA) is 44.5 Å². The Hall–Kier alpha value is -0.900. The van der Waals surface area contributed by atoms with Gasteiger partial charge in [0.1, 0.15) is 0 Å². The number of hydrogen-bond acceptors (Lipinski definition) is 3. The average Bonchev–Trinajstić information content (AvgIpc) is 2.84. The predicted octanol–water partition coefficient (Wildman–Crippen LogP) is 2.58. The maximum atomic E-state index is 6.06. The summed E-state index contributed by atoms with van der Waals surface area (Å²) in [5.41, 5.74) is 8.47. The molecule has 1 heterocycles. The van der Waals surface area contributed by atoms with E-state index in [0.717, 1.165) is 19.4 Å². The molecule has 0 saturated carbocycles. The fraction of sp³-hybridized carbons (Fsp3) is 0.600. The first-order valence-electron chi connectivity index (χ1n) is 6.73. The summed E-state index contributed by atoms with van der Waals surface area (Å²) in [4.78, 5) is 0. The fourth-order valence-corrected chi connectivity index (χ4v) is 2.42. The second-order valence-corrected chi connectivity index (χ2v) is 5.10. The molecule has 1 fully saturated rings. The van der Waals surface area contributed by atoms with E-state index in [1.807, 2.05) is 19.1 Å². The van der Waals surface area contributed by atoms with Crippen molar-refractivity contribution in [3.63, 3.8) is 0 Å². The van der Waals surface area contributed by atoms with Gasteiger partial charge in [0.15, 0.2) is 0 Å². The van der Waals surface area contributed by atoms with E-state index in [1.54, 1.807) is 0 Å².